The molecule has 2 aliphatic rings. The normalized spacial score (nSPS) is 20.8. The highest BCUT2D eigenvalue weighted by molar-refractivity contribution is 5.87. The summed E-state index contributed by atoms with van der Waals surface area (Å²) in [5, 5.41) is 8.25. The fourth-order valence-corrected chi connectivity index (χ4v) is 3.67. The van der Waals surface area contributed by atoms with Crippen molar-refractivity contribution in [1.29, 1.82) is 0 Å². The first-order valence-electron chi connectivity index (χ1n) is 8.53. The number of hydrogen-bond donors (Lipinski definition) is 0. The quantitative estimate of drug-likeness (QED) is 0.804. The van der Waals surface area contributed by atoms with E-state index in [1.54, 1.807) is 23.9 Å². The van der Waals surface area contributed by atoms with Crippen molar-refractivity contribution in [2.24, 2.45) is 0 Å². The van der Waals surface area contributed by atoms with Gasteiger partial charge in [-0.3, -0.25) is 4.79 Å². The maximum absolute atomic E-state index is 13.1. The second-order valence-electron chi connectivity index (χ2n) is 6.98. The van der Waals surface area contributed by atoms with Crippen LogP contribution in [0.25, 0.3) is 0 Å². The number of hydrogen-bond acceptors (Lipinski definition) is 4. The Kier molecular flexibility index (Phi) is 4.47. The molecule has 0 aromatic carbocycles. The molecule has 24 heavy (non-hydrogen) atoms. The Morgan fingerprint density at radius 2 is 1.79 bits per heavy atom. The van der Waals surface area contributed by atoms with Gasteiger partial charge in [0.15, 0.2) is 5.82 Å². The number of rotatable bonds is 2. The van der Waals surface area contributed by atoms with E-state index in [0.717, 1.165) is 37.3 Å². The SMILES string of the molecule is Cc1nnc2n1CC(C(=O)N(C)C)N(C(=O)N(C)C1CCCC1)C2. The molecule has 8 heteroatoms. The summed E-state index contributed by atoms with van der Waals surface area (Å²) < 4.78 is 1.94. The number of carbonyl (C=O) groups excluding carboxylic acids is 2. The fraction of sp³-hybridized carbons (Fsp3) is 0.750. The van der Waals surface area contributed by atoms with E-state index in [1.165, 1.54) is 0 Å². The van der Waals surface area contributed by atoms with E-state index in [1.807, 2.05) is 23.4 Å². The van der Waals surface area contributed by atoms with Gasteiger partial charge < -0.3 is 19.3 Å². The molecule has 0 bridgehead atoms. The van der Waals surface area contributed by atoms with Crippen molar-refractivity contribution in [1.82, 2.24) is 29.5 Å². The second-order valence-corrected chi connectivity index (χ2v) is 6.98. The average molecular weight is 334 g/mol. The summed E-state index contributed by atoms with van der Waals surface area (Å²) in [6, 6.07) is -0.332. The highest BCUT2D eigenvalue weighted by Crippen LogP contribution is 2.26. The maximum Gasteiger partial charge on any atom is 0.321 e. The standard InChI is InChI=1S/C16H26N6O2/c1-11-17-18-14-10-22(13(9-21(11)14)15(23)19(2)3)16(24)20(4)12-7-5-6-8-12/h12-13H,5-10H2,1-4H3. The summed E-state index contributed by atoms with van der Waals surface area (Å²) in [5.41, 5.74) is 0. The van der Waals surface area contributed by atoms with Crippen LogP contribution in [0.4, 0.5) is 4.79 Å². The summed E-state index contributed by atoms with van der Waals surface area (Å²) in [5.74, 6) is 1.45. The lowest BCUT2D eigenvalue weighted by molar-refractivity contribution is -0.135. The van der Waals surface area contributed by atoms with E-state index in [2.05, 4.69) is 10.2 Å². The predicted octanol–water partition coefficient (Wildman–Crippen LogP) is 0.853. The molecule has 132 valence electrons. The van der Waals surface area contributed by atoms with E-state index >= 15 is 0 Å². The van der Waals surface area contributed by atoms with Gasteiger partial charge in [0.05, 0.1) is 13.1 Å². The Labute approximate surface area is 142 Å². The molecule has 0 saturated heterocycles. The third kappa shape index (κ3) is 2.85. The first-order chi connectivity index (χ1) is 11.4. The Hall–Kier alpha value is -2.12. The molecule has 1 aromatic rings. The summed E-state index contributed by atoms with van der Waals surface area (Å²) >= 11 is 0. The molecule has 1 unspecified atom stereocenters. The van der Waals surface area contributed by atoms with E-state index in [-0.39, 0.29) is 18.0 Å². The molecule has 3 rings (SSSR count). The fourth-order valence-electron chi connectivity index (χ4n) is 3.67. The Morgan fingerprint density at radius 3 is 2.42 bits per heavy atom. The molecule has 1 aromatic heterocycles. The van der Waals surface area contributed by atoms with E-state index in [9.17, 15) is 9.59 Å². The highest BCUT2D eigenvalue weighted by atomic mass is 16.2. The van der Waals surface area contributed by atoms with Gasteiger partial charge in [-0.15, -0.1) is 10.2 Å². The van der Waals surface area contributed by atoms with Crippen LogP contribution in [0.1, 0.15) is 37.3 Å². The average Bonchev–Trinajstić information content (AvgIpc) is 3.22. The number of urea groups is 1. The van der Waals surface area contributed by atoms with Gasteiger partial charge in [-0.25, -0.2) is 4.79 Å². The molecule has 1 aliphatic carbocycles. The molecular weight excluding hydrogens is 308 g/mol. The zero-order valence-electron chi connectivity index (χ0n) is 14.9. The van der Waals surface area contributed by atoms with Crippen LogP contribution in [0.2, 0.25) is 0 Å². The number of fused-ring (bicyclic) bond motifs is 1. The number of aryl methyl sites for hydroxylation is 1. The third-order valence-corrected chi connectivity index (χ3v) is 5.20. The monoisotopic (exact) mass is 334 g/mol. The molecule has 1 aliphatic heterocycles. The zero-order chi connectivity index (χ0) is 17.4. The van der Waals surface area contributed by atoms with E-state index < -0.39 is 6.04 Å². The topological polar surface area (TPSA) is 74.6 Å². The summed E-state index contributed by atoms with van der Waals surface area (Å²) in [6.45, 7) is 2.60. The lowest BCUT2D eigenvalue weighted by Gasteiger charge is -2.39. The number of aromatic nitrogens is 3. The van der Waals surface area contributed by atoms with Crippen LogP contribution >= 0.6 is 0 Å². The van der Waals surface area contributed by atoms with Gasteiger partial charge in [-0.2, -0.15) is 0 Å². The van der Waals surface area contributed by atoms with Crippen molar-refractivity contribution in [3.05, 3.63) is 11.6 Å². The third-order valence-electron chi connectivity index (χ3n) is 5.20. The minimum absolute atomic E-state index is 0.0677. The first-order valence-corrected chi connectivity index (χ1v) is 8.53. The van der Waals surface area contributed by atoms with E-state index in [4.69, 9.17) is 0 Å². The van der Waals surface area contributed by atoms with Gasteiger partial charge in [0, 0.05) is 27.2 Å². The van der Waals surface area contributed by atoms with Crippen molar-refractivity contribution in [3.8, 4) is 0 Å². The van der Waals surface area contributed by atoms with Gasteiger partial charge in [0.25, 0.3) is 0 Å². The first kappa shape index (κ1) is 16.7. The molecule has 0 spiro atoms. The molecule has 0 radical (unpaired) electrons. The molecule has 8 nitrogen and oxygen atoms in total. The largest absolute Gasteiger partial charge is 0.347 e. The summed E-state index contributed by atoms with van der Waals surface area (Å²) in [4.78, 5) is 30.7. The Balaban J connectivity index is 1.87. The second kappa shape index (κ2) is 6.41. The predicted molar refractivity (Wildman–Crippen MR) is 88.2 cm³/mol. The van der Waals surface area contributed by atoms with E-state index in [0.29, 0.717) is 13.1 Å². The van der Waals surface area contributed by atoms with Crippen LogP contribution in [-0.2, 0) is 17.9 Å². The van der Waals surface area contributed by atoms with Crippen LogP contribution in [0.3, 0.4) is 0 Å². The van der Waals surface area contributed by atoms with Crippen molar-refractivity contribution in [2.45, 2.75) is 57.8 Å². The molecule has 1 saturated carbocycles. The lowest BCUT2D eigenvalue weighted by Crippen LogP contribution is -2.57. The highest BCUT2D eigenvalue weighted by Gasteiger charge is 2.39. The van der Waals surface area contributed by atoms with Gasteiger partial charge in [0.1, 0.15) is 11.9 Å². The number of carbonyl (C=O) groups is 2. The Bertz CT molecular complexity index is 635. The minimum Gasteiger partial charge on any atom is -0.347 e. The molecule has 3 amide bonds. The smallest absolute Gasteiger partial charge is 0.321 e. The number of nitrogens with zero attached hydrogens (tertiary/aromatic N) is 6. The minimum atomic E-state index is -0.515. The van der Waals surface area contributed by atoms with Crippen LogP contribution < -0.4 is 0 Å². The van der Waals surface area contributed by atoms with Gasteiger partial charge in [-0.05, 0) is 19.8 Å². The molecular formula is C16H26N6O2. The molecule has 0 N–H and O–H groups in total. The van der Waals surface area contributed by atoms with Crippen LogP contribution in [0, 0.1) is 6.92 Å². The number of amides is 3. The summed E-state index contributed by atoms with van der Waals surface area (Å²) in [6.07, 6.45) is 4.40. The van der Waals surface area contributed by atoms with Crippen LogP contribution in [-0.4, -0.2) is 74.6 Å². The van der Waals surface area contributed by atoms with Gasteiger partial charge in [0.2, 0.25) is 5.91 Å². The Morgan fingerprint density at radius 1 is 1.12 bits per heavy atom. The maximum atomic E-state index is 13.1. The van der Waals surface area contributed by atoms with Crippen molar-refractivity contribution < 1.29 is 9.59 Å². The van der Waals surface area contributed by atoms with Crippen molar-refractivity contribution in [2.75, 3.05) is 21.1 Å². The lowest BCUT2D eigenvalue weighted by atomic mass is 10.1. The van der Waals surface area contributed by atoms with Gasteiger partial charge in [-0.1, -0.05) is 12.8 Å². The summed E-state index contributed by atoms with van der Waals surface area (Å²) in [7, 11) is 5.29. The van der Waals surface area contributed by atoms with Crippen LogP contribution in [0.5, 0.6) is 0 Å². The molecule has 2 heterocycles. The molecule has 1 fully saturated rings. The van der Waals surface area contributed by atoms with Crippen molar-refractivity contribution in [3.63, 3.8) is 0 Å². The number of likely N-dealkylation sites (N-methyl/N-ethyl adjacent to an activating group) is 1. The van der Waals surface area contributed by atoms with Crippen LogP contribution in [0.15, 0.2) is 0 Å². The zero-order valence-corrected chi connectivity index (χ0v) is 14.9. The van der Waals surface area contributed by atoms with Crippen molar-refractivity contribution >= 4 is 11.9 Å². The molecule has 1 atom stereocenters. The van der Waals surface area contributed by atoms with Gasteiger partial charge >= 0.3 is 6.03 Å².